The monoisotopic (exact) mass is 393 g/mol. The molecule has 1 aromatic heterocycles. The summed E-state index contributed by atoms with van der Waals surface area (Å²) in [7, 11) is 1.66. The van der Waals surface area contributed by atoms with Gasteiger partial charge in [0.2, 0.25) is 0 Å². The molecule has 3 aromatic rings. The fourth-order valence-electron chi connectivity index (χ4n) is 3.67. The Balaban J connectivity index is 1.70. The fraction of sp³-hybridized carbons (Fsp3) is 0.273. The zero-order valence-electron chi connectivity index (χ0n) is 15.8. The van der Waals surface area contributed by atoms with Crippen LogP contribution in [-0.4, -0.2) is 29.4 Å². The first kappa shape index (κ1) is 18.7. The zero-order chi connectivity index (χ0) is 19.5. The Labute approximate surface area is 168 Å². The maximum absolute atomic E-state index is 13.4. The van der Waals surface area contributed by atoms with Crippen molar-refractivity contribution < 1.29 is 9.53 Å². The van der Waals surface area contributed by atoms with Crippen molar-refractivity contribution in [2.24, 2.45) is 5.73 Å². The smallest absolute Gasteiger partial charge is 0.274 e. The van der Waals surface area contributed by atoms with Crippen molar-refractivity contribution in [1.29, 1.82) is 0 Å². The number of benzene rings is 2. The van der Waals surface area contributed by atoms with Crippen LogP contribution in [0.5, 0.6) is 5.75 Å². The van der Waals surface area contributed by atoms with E-state index < -0.39 is 0 Å². The number of carbonyl (C=O) groups excluding carboxylic acids is 1. The van der Waals surface area contributed by atoms with Gasteiger partial charge in [0.05, 0.1) is 18.2 Å². The van der Waals surface area contributed by atoms with Crippen LogP contribution in [0.3, 0.4) is 0 Å². The van der Waals surface area contributed by atoms with E-state index in [1.165, 1.54) is 16.9 Å². The second-order valence-corrected chi connectivity index (χ2v) is 7.81. The van der Waals surface area contributed by atoms with E-state index >= 15 is 0 Å². The van der Waals surface area contributed by atoms with Crippen molar-refractivity contribution in [3.05, 3.63) is 81.3 Å². The Kier molecular flexibility index (Phi) is 5.41. The number of rotatable bonds is 5. The van der Waals surface area contributed by atoms with Gasteiger partial charge in [0.25, 0.3) is 5.91 Å². The highest BCUT2D eigenvalue weighted by molar-refractivity contribution is 7.09. The largest absolute Gasteiger partial charge is 0.497 e. The number of carbonyl (C=O) groups is 1. The summed E-state index contributed by atoms with van der Waals surface area (Å²) in [5.41, 5.74) is 9.63. The van der Waals surface area contributed by atoms with Crippen LogP contribution in [0.4, 0.5) is 0 Å². The van der Waals surface area contributed by atoms with Gasteiger partial charge in [-0.05, 0) is 41.8 Å². The van der Waals surface area contributed by atoms with Gasteiger partial charge in [-0.3, -0.25) is 4.79 Å². The summed E-state index contributed by atoms with van der Waals surface area (Å²) in [6.07, 6.45) is 1.47. The molecule has 2 aromatic carbocycles. The molecule has 0 bridgehead atoms. The first-order chi connectivity index (χ1) is 13.7. The minimum absolute atomic E-state index is 0.0192. The SMILES string of the molecule is COc1ccc2c(c1)CN(C(=O)c1csc(CCN)n1)C(c1ccccc1)C2. The highest BCUT2D eigenvalue weighted by atomic mass is 32.1. The molecule has 1 aliphatic rings. The summed E-state index contributed by atoms with van der Waals surface area (Å²) in [6, 6.07) is 16.3. The fourth-order valence-corrected chi connectivity index (χ4v) is 4.46. The molecule has 4 rings (SSSR count). The van der Waals surface area contributed by atoms with E-state index in [1.807, 2.05) is 40.6 Å². The van der Waals surface area contributed by atoms with Gasteiger partial charge in [-0.2, -0.15) is 0 Å². The number of aromatic nitrogens is 1. The summed E-state index contributed by atoms with van der Waals surface area (Å²) >= 11 is 1.50. The molecule has 5 nitrogen and oxygen atoms in total. The van der Waals surface area contributed by atoms with Crippen LogP contribution in [0.15, 0.2) is 53.9 Å². The van der Waals surface area contributed by atoms with Crippen LogP contribution in [0.2, 0.25) is 0 Å². The molecular weight excluding hydrogens is 370 g/mol. The Morgan fingerprint density at radius 2 is 2.07 bits per heavy atom. The molecule has 1 amide bonds. The molecule has 0 radical (unpaired) electrons. The summed E-state index contributed by atoms with van der Waals surface area (Å²) < 4.78 is 5.38. The predicted molar refractivity (Wildman–Crippen MR) is 111 cm³/mol. The summed E-state index contributed by atoms with van der Waals surface area (Å²) in [5.74, 6) is 0.769. The average Bonchev–Trinajstić information content (AvgIpc) is 3.21. The van der Waals surface area contributed by atoms with Gasteiger partial charge in [0.15, 0.2) is 0 Å². The topological polar surface area (TPSA) is 68.5 Å². The molecule has 6 heteroatoms. The normalized spacial score (nSPS) is 15.9. The highest BCUT2D eigenvalue weighted by Crippen LogP contribution is 2.35. The Morgan fingerprint density at radius 1 is 1.25 bits per heavy atom. The highest BCUT2D eigenvalue weighted by Gasteiger charge is 2.32. The number of thiazole rings is 1. The molecule has 0 saturated heterocycles. The quantitative estimate of drug-likeness (QED) is 0.719. The minimum atomic E-state index is -0.0400. The number of hydrogen-bond acceptors (Lipinski definition) is 5. The standard InChI is InChI=1S/C22H23N3O2S/c1-27-18-8-7-16-12-20(15-5-3-2-4-6-15)25(13-17(16)11-18)22(26)19-14-28-21(24-19)9-10-23/h2-8,11,14,20H,9-10,12-13,23H2,1H3. The lowest BCUT2D eigenvalue weighted by atomic mass is 9.89. The molecule has 2 N–H and O–H groups in total. The number of fused-ring (bicyclic) bond motifs is 1. The zero-order valence-corrected chi connectivity index (χ0v) is 16.6. The molecule has 1 atom stereocenters. The van der Waals surface area contributed by atoms with Gasteiger partial charge in [-0.15, -0.1) is 11.3 Å². The Bertz CT molecular complexity index is 971. The second kappa shape index (κ2) is 8.12. The van der Waals surface area contributed by atoms with Crippen molar-refractivity contribution in [2.45, 2.75) is 25.4 Å². The summed E-state index contributed by atoms with van der Waals surface area (Å²) in [5, 5.41) is 2.75. The number of amides is 1. The van der Waals surface area contributed by atoms with Crippen molar-refractivity contribution >= 4 is 17.2 Å². The van der Waals surface area contributed by atoms with Crippen LogP contribution >= 0.6 is 11.3 Å². The summed E-state index contributed by atoms with van der Waals surface area (Å²) in [6.45, 7) is 1.07. The van der Waals surface area contributed by atoms with Gasteiger partial charge in [0, 0.05) is 18.3 Å². The van der Waals surface area contributed by atoms with Crippen LogP contribution in [0, 0.1) is 0 Å². The number of nitrogens with two attached hydrogens (primary N) is 1. The van der Waals surface area contributed by atoms with Gasteiger partial charge in [-0.1, -0.05) is 36.4 Å². The third kappa shape index (κ3) is 3.66. The van der Waals surface area contributed by atoms with Crippen molar-refractivity contribution in [1.82, 2.24) is 9.88 Å². The van der Waals surface area contributed by atoms with Gasteiger partial charge in [-0.25, -0.2) is 4.98 Å². The summed E-state index contributed by atoms with van der Waals surface area (Å²) in [4.78, 5) is 19.8. The van der Waals surface area contributed by atoms with E-state index in [-0.39, 0.29) is 11.9 Å². The van der Waals surface area contributed by atoms with Crippen molar-refractivity contribution in [3.8, 4) is 5.75 Å². The number of nitrogens with zero attached hydrogens (tertiary/aromatic N) is 2. The molecule has 0 spiro atoms. The minimum Gasteiger partial charge on any atom is -0.497 e. The molecule has 1 aliphatic heterocycles. The molecular formula is C22H23N3O2S. The maximum atomic E-state index is 13.4. The lowest BCUT2D eigenvalue weighted by Gasteiger charge is -2.37. The predicted octanol–water partition coefficient (Wildman–Crippen LogP) is 3.59. The van der Waals surface area contributed by atoms with Crippen LogP contribution < -0.4 is 10.5 Å². The van der Waals surface area contributed by atoms with E-state index in [4.69, 9.17) is 10.5 Å². The van der Waals surface area contributed by atoms with E-state index in [2.05, 4.69) is 23.2 Å². The number of hydrogen-bond donors (Lipinski definition) is 1. The van der Waals surface area contributed by atoms with Crippen LogP contribution in [0.1, 0.15) is 38.2 Å². The molecule has 0 fully saturated rings. The van der Waals surface area contributed by atoms with Gasteiger partial charge < -0.3 is 15.4 Å². The van der Waals surface area contributed by atoms with Crippen LogP contribution in [0.25, 0.3) is 0 Å². The van der Waals surface area contributed by atoms with Crippen molar-refractivity contribution in [3.63, 3.8) is 0 Å². The Morgan fingerprint density at radius 3 is 2.82 bits per heavy atom. The van der Waals surface area contributed by atoms with E-state index in [1.54, 1.807) is 7.11 Å². The van der Waals surface area contributed by atoms with Gasteiger partial charge in [0.1, 0.15) is 11.4 Å². The second-order valence-electron chi connectivity index (χ2n) is 6.86. The number of ether oxygens (including phenoxy) is 1. The first-order valence-electron chi connectivity index (χ1n) is 9.35. The van der Waals surface area contributed by atoms with Gasteiger partial charge >= 0.3 is 0 Å². The van der Waals surface area contributed by atoms with Crippen LogP contribution in [-0.2, 0) is 19.4 Å². The lowest BCUT2D eigenvalue weighted by Crippen LogP contribution is -2.39. The molecule has 144 valence electrons. The molecule has 2 heterocycles. The van der Waals surface area contributed by atoms with Crippen molar-refractivity contribution in [2.75, 3.05) is 13.7 Å². The Hall–Kier alpha value is -2.70. The first-order valence-corrected chi connectivity index (χ1v) is 10.2. The third-order valence-corrected chi connectivity index (χ3v) is 6.03. The molecule has 0 aliphatic carbocycles. The third-order valence-electron chi connectivity index (χ3n) is 5.12. The van der Waals surface area contributed by atoms with E-state index in [0.29, 0.717) is 25.2 Å². The number of methoxy groups -OCH3 is 1. The molecule has 0 saturated carbocycles. The maximum Gasteiger partial charge on any atom is 0.274 e. The molecule has 28 heavy (non-hydrogen) atoms. The average molecular weight is 394 g/mol. The lowest BCUT2D eigenvalue weighted by molar-refractivity contribution is 0.0632. The van der Waals surface area contributed by atoms with E-state index in [9.17, 15) is 4.79 Å². The molecule has 1 unspecified atom stereocenters. The van der Waals surface area contributed by atoms with E-state index in [0.717, 1.165) is 28.3 Å².